The second-order valence-corrected chi connectivity index (χ2v) is 10.8. The summed E-state index contributed by atoms with van der Waals surface area (Å²) in [6, 6.07) is 29.4. The fourth-order valence-electron chi connectivity index (χ4n) is 4.12. The van der Waals surface area contributed by atoms with Gasteiger partial charge in [0.05, 0.1) is 25.9 Å². The van der Waals surface area contributed by atoms with Crippen molar-refractivity contribution >= 4 is 38.7 Å². The molecular formula is C28H21N3O4S2. The quantitative estimate of drug-likeness (QED) is 0.136. The third-order valence-electron chi connectivity index (χ3n) is 5.83. The fraction of sp³-hybridized carbons (Fsp3) is 0.0357. The molecular weight excluding hydrogens is 506 g/mol. The predicted octanol–water partition coefficient (Wildman–Crippen LogP) is 6.53. The summed E-state index contributed by atoms with van der Waals surface area (Å²) >= 11 is 1.28. The number of nitro groups is 1. The minimum atomic E-state index is -4.03. The summed E-state index contributed by atoms with van der Waals surface area (Å²) < 4.78 is 33.0. The van der Waals surface area contributed by atoms with Crippen LogP contribution >= 0.6 is 11.8 Å². The Labute approximate surface area is 218 Å². The van der Waals surface area contributed by atoms with Crippen LogP contribution in [0, 0.1) is 17.0 Å². The Hall–Kier alpha value is -4.21. The van der Waals surface area contributed by atoms with Crippen LogP contribution in [0.5, 0.6) is 0 Å². The van der Waals surface area contributed by atoms with Crippen molar-refractivity contribution in [3.8, 4) is 0 Å². The number of benzene rings is 3. The van der Waals surface area contributed by atoms with E-state index in [2.05, 4.69) is 4.40 Å². The molecule has 0 saturated heterocycles. The zero-order chi connectivity index (χ0) is 26.0. The number of pyridine rings is 1. The first-order chi connectivity index (χ1) is 17.9. The molecule has 0 spiro atoms. The van der Waals surface area contributed by atoms with Crippen molar-refractivity contribution < 1.29 is 13.3 Å². The molecule has 0 radical (unpaired) electrons. The molecule has 5 aromatic rings. The number of fused-ring (bicyclic) bond motifs is 1. The first kappa shape index (κ1) is 24.5. The SMILES string of the molecule is Cc1c(Sc2ccccc2[N+](=O)[O-])c2ccccn2c1/C(=N/S(=O)(=O)c1ccccc1)c1ccccc1. The summed E-state index contributed by atoms with van der Waals surface area (Å²) in [6.07, 6.45) is 1.84. The van der Waals surface area contributed by atoms with Crippen LogP contribution in [0.3, 0.4) is 0 Å². The van der Waals surface area contributed by atoms with Gasteiger partial charge in [-0.3, -0.25) is 10.1 Å². The molecule has 7 nitrogen and oxygen atoms in total. The molecule has 5 rings (SSSR count). The first-order valence-electron chi connectivity index (χ1n) is 11.3. The Balaban J connectivity index is 1.77. The van der Waals surface area contributed by atoms with Gasteiger partial charge in [-0.1, -0.05) is 78.5 Å². The highest BCUT2D eigenvalue weighted by Gasteiger charge is 2.25. The molecule has 0 saturated carbocycles. The van der Waals surface area contributed by atoms with Crippen LogP contribution in [0.1, 0.15) is 16.8 Å². The summed E-state index contributed by atoms with van der Waals surface area (Å²) in [4.78, 5) is 12.6. The average Bonchev–Trinajstić information content (AvgIpc) is 3.19. The van der Waals surface area contributed by atoms with Gasteiger partial charge in [-0.15, -0.1) is 0 Å². The second kappa shape index (κ2) is 10.0. The van der Waals surface area contributed by atoms with E-state index in [1.165, 1.54) is 30.0 Å². The molecule has 0 aliphatic heterocycles. The number of hydrogen-bond acceptors (Lipinski definition) is 5. The van der Waals surface area contributed by atoms with Crippen LogP contribution in [0.25, 0.3) is 5.52 Å². The van der Waals surface area contributed by atoms with Crippen molar-refractivity contribution in [1.29, 1.82) is 0 Å². The van der Waals surface area contributed by atoms with E-state index in [4.69, 9.17) is 0 Å². The number of rotatable bonds is 7. The van der Waals surface area contributed by atoms with Crippen molar-refractivity contribution in [2.24, 2.45) is 4.40 Å². The van der Waals surface area contributed by atoms with E-state index in [1.54, 1.807) is 36.4 Å². The lowest BCUT2D eigenvalue weighted by atomic mass is 10.1. The Kier molecular flexibility index (Phi) is 6.64. The van der Waals surface area contributed by atoms with Gasteiger partial charge < -0.3 is 4.40 Å². The molecule has 0 aliphatic rings. The van der Waals surface area contributed by atoms with Gasteiger partial charge in [0, 0.05) is 22.7 Å². The average molecular weight is 528 g/mol. The number of para-hydroxylation sites is 1. The lowest BCUT2D eigenvalue weighted by Gasteiger charge is -2.10. The highest BCUT2D eigenvalue weighted by molar-refractivity contribution is 7.99. The van der Waals surface area contributed by atoms with Crippen LogP contribution in [0.15, 0.2) is 128 Å². The highest BCUT2D eigenvalue weighted by atomic mass is 32.2. The normalized spacial score (nSPS) is 12.1. The third-order valence-corrected chi connectivity index (χ3v) is 8.40. The summed E-state index contributed by atoms with van der Waals surface area (Å²) in [5.41, 5.74) is 3.09. The van der Waals surface area contributed by atoms with E-state index in [1.807, 2.05) is 66.1 Å². The molecule has 0 N–H and O–H groups in total. The van der Waals surface area contributed by atoms with Crippen LogP contribution in [-0.2, 0) is 10.0 Å². The fourth-order valence-corrected chi connectivity index (χ4v) is 6.30. The molecule has 0 amide bonds. The number of nitro benzene ring substituents is 1. The Morgan fingerprint density at radius 3 is 2.19 bits per heavy atom. The van der Waals surface area contributed by atoms with Crippen LogP contribution in [0.2, 0.25) is 0 Å². The minimum absolute atomic E-state index is 0.00679. The van der Waals surface area contributed by atoms with E-state index in [9.17, 15) is 18.5 Å². The van der Waals surface area contributed by atoms with Crippen LogP contribution in [-0.4, -0.2) is 23.5 Å². The number of sulfonamides is 1. The summed E-state index contributed by atoms with van der Waals surface area (Å²) in [5, 5.41) is 11.7. The van der Waals surface area contributed by atoms with Crippen molar-refractivity contribution in [2.75, 3.05) is 0 Å². The van der Waals surface area contributed by atoms with Gasteiger partial charge in [0.25, 0.3) is 15.7 Å². The molecule has 0 atom stereocenters. The maximum Gasteiger partial charge on any atom is 0.283 e. The van der Waals surface area contributed by atoms with Gasteiger partial charge in [-0.05, 0) is 42.8 Å². The van der Waals surface area contributed by atoms with Gasteiger partial charge in [-0.25, -0.2) is 0 Å². The maximum absolute atomic E-state index is 13.4. The lowest BCUT2D eigenvalue weighted by molar-refractivity contribution is -0.387. The Morgan fingerprint density at radius 1 is 0.865 bits per heavy atom. The van der Waals surface area contributed by atoms with Crippen LogP contribution in [0.4, 0.5) is 5.69 Å². The molecule has 9 heteroatoms. The standard InChI is InChI=1S/C28H21N3O4S2/c1-20-27(26(21-12-4-2-5-13-21)29-37(34,35)22-14-6-3-7-15-22)30-19-11-10-17-24(30)28(20)36-25-18-9-8-16-23(25)31(32)33/h2-19H,1H3/b29-26+. The van der Waals surface area contributed by atoms with E-state index < -0.39 is 14.9 Å². The largest absolute Gasteiger partial charge is 0.314 e. The van der Waals surface area contributed by atoms with E-state index in [0.29, 0.717) is 16.2 Å². The molecule has 2 aromatic heterocycles. The smallest absolute Gasteiger partial charge is 0.283 e. The number of hydrogen-bond donors (Lipinski definition) is 0. The molecule has 3 aromatic carbocycles. The summed E-state index contributed by atoms with van der Waals surface area (Å²) in [6.45, 7) is 1.88. The monoisotopic (exact) mass is 527 g/mol. The lowest BCUT2D eigenvalue weighted by Crippen LogP contribution is -2.12. The van der Waals surface area contributed by atoms with Crippen molar-refractivity contribution in [1.82, 2.24) is 4.40 Å². The zero-order valence-electron chi connectivity index (χ0n) is 19.7. The first-order valence-corrected chi connectivity index (χ1v) is 13.6. The molecule has 2 heterocycles. The highest BCUT2D eigenvalue weighted by Crippen LogP contribution is 2.41. The minimum Gasteiger partial charge on any atom is -0.314 e. The molecule has 0 unspecified atom stereocenters. The van der Waals surface area contributed by atoms with Crippen molar-refractivity contribution in [3.63, 3.8) is 0 Å². The van der Waals surface area contributed by atoms with Gasteiger partial charge >= 0.3 is 0 Å². The van der Waals surface area contributed by atoms with Crippen LogP contribution < -0.4 is 0 Å². The maximum atomic E-state index is 13.4. The topological polar surface area (TPSA) is 94.0 Å². The molecule has 0 aliphatic carbocycles. The van der Waals surface area contributed by atoms with E-state index >= 15 is 0 Å². The second-order valence-electron chi connectivity index (χ2n) is 8.18. The van der Waals surface area contributed by atoms with Crippen molar-refractivity contribution in [3.05, 3.63) is 136 Å². The van der Waals surface area contributed by atoms with Gasteiger partial charge in [0.1, 0.15) is 5.71 Å². The summed E-state index contributed by atoms with van der Waals surface area (Å²) in [5.74, 6) is 0. The molecule has 0 fully saturated rings. The van der Waals surface area contributed by atoms with Gasteiger partial charge in [0.2, 0.25) is 0 Å². The Morgan fingerprint density at radius 2 is 1.49 bits per heavy atom. The van der Waals surface area contributed by atoms with E-state index in [-0.39, 0.29) is 16.3 Å². The number of nitrogens with zero attached hydrogens (tertiary/aromatic N) is 3. The predicted molar refractivity (Wildman–Crippen MR) is 145 cm³/mol. The third kappa shape index (κ3) is 4.78. The van der Waals surface area contributed by atoms with Gasteiger partial charge in [0.15, 0.2) is 0 Å². The molecule has 184 valence electrons. The molecule has 37 heavy (non-hydrogen) atoms. The number of aromatic nitrogens is 1. The summed E-state index contributed by atoms with van der Waals surface area (Å²) in [7, 11) is -4.03. The van der Waals surface area contributed by atoms with Gasteiger partial charge in [-0.2, -0.15) is 12.8 Å². The molecule has 0 bridgehead atoms. The Bertz CT molecular complexity index is 1750. The zero-order valence-corrected chi connectivity index (χ0v) is 21.3. The van der Waals surface area contributed by atoms with Crippen molar-refractivity contribution in [2.45, 2.75) is 21.6 Å². The van der Waals surface area contributed by atoms with E-state index in [0.717, 1.165) is 16.0 Å².